The van der Waals surface area contributed by atoms with Gasteiger partial charge in [-0.1, -0.05) is 29.8 Å². The van der Waals surface area contributed by atoms with Crippen LogP contribution in [0.4, 0.5) is 4.39 Å². The molecule has 0 bridgehead atoms. The molecular formula is C13H17BrFNO. The maximum Gasteiger partial charge on any atom is 0.251 e. The van der Waals surface area contributed by atoms with Gasteiger partial charge >= 0.3 is 0 Å². The first-order chi connectivity index (χ1) is 8.04. The molecule has 0 aromatic heterocycles. The number of benzene rings is 1. The predicted molar refractivity (Wildman–Crippen MR) is 70.9 cm³/mol. The third-order valence-corrected chi connectivity index (χ3v) is 3.11. The average Bonchev–Trinajstić information content (AvgIpc) is 2.29. The van der Waals surface area contributed by atoms with Gasteiger partial charge in [0.2, 0.25) is 0 Å². The molecule has 0 aliphatic rings. The van der Waals surface area contributed by atoms with Crippen LogP contribution in [0, 0.1) is 11.7 Å². The molecule has 0 aliphatic carbocycles. The Balaban J connectivity index is 2.66. The summed E-state index contributed by atoms with van der Waals surface area (Å²) < 4.78 is 12.7. The number of hydrogen-bond acceptors (Lipinski definition) is 1. The molecule has 1 unspecified atom stereocenters. The highest BCUT2D eigenvalue weighted by Gasteiger charge is 2.16. The summed E-state index contributed by atoms with van der Waals surface area (Å²) >= 11 is 3.37. The average molecular weight is 302 g/mol. The molecule has 0 heterocycles. The van der Waals surface area contributed by atoms with Crippen LogP contribution in [0.3, 0.4) is 0 Å². The lowest BCUT2D eigenvalue weighted by Gasteiger charge is -2.21. The molecule has 4 heteroatoms. The zero-order valence-corrected chi connectivity index (χ0v) is 11.6. The molecule has 0 saturated carbocycles. The fourth-order valence-electron chi connectivity index (χ4n) is 1.54. The minimum absolute atomic E-state index is 0.131. The Labute approximate surface area is 110 Å². The van der Waals surface area contributed by atoms with Gasteiger partial charge in [-0.05, 0) is 36.6 Å². The zero-order valence-electron chi connectivity index (χ0n) is 10.0. The zero-order chi connectivity index (χ0) is 12.8. The summed E-state index contributed by atoms with van der Waals surface area (Å²) in [7, 11) is 0. The van der Waals surface area contributed by atoms with Crippen molar-refractivity contribution in [3.63, 3.8) is 0 Å². The lowest BCUT2D eigenvalue weighted by Crippen LogP contribution is -2.38. The van der Waals surface area contributed by atoms with Crippen molar-refractivity contribution >= 4 is 21.8 Å². The molecule has 1 aromatic rings. The Kier molecular flexibility index (Phi) is 5.62. The van der Waals surface area contributed by atoms with E-state index in [0.29, 0.717) is 11.5 Å². The van der Waals surface area contributed by atoms with E-state index in [1.54, 1.807) is 0 Å². The third-order valence-electron chi connectivity index (χ3n) is 2.65. The van der Waals surface area contributed by atoms with E-state index < -0.39 is 0 Å². The Morgan fingerprint density at radius 2 is 1.94 bits per heavy atom. The van der Waals surface area contributed by atoms with Crippen molar-refractivity contribution in [1.29, 1.82) is 0 Å². The largest absolute Gasteiger partial charge is 0.349 e. The van der Waals surface area contributed by atoms with Crippen LogP contribution in [0.2, 0.25) is 0 Å². The molecule has 1 aromatic carbocycles. The van der Waals surface area contributed by atoms with Gasteiger partial charge in [0.05, 0.1) is 0 Å². The molecule has 1 rings (SSSR count). The lowest BCUT2D eigenvalue weighted by atomic mass is 10.0. The number of amides is 1. The van der Waals surface area contributed by atoms with Crippen molar-refractivity contribution < 1.29 is 9.18 Å². The second-order valence-electron chi connectivity index (χ2n) is 4.31. The topological polar surface area (TPSA) is 29.1 Å². The summed E-state index contributed by atoms with van der Waals surface area (Å²) in [5.74, 6) is -0.107. The smallest absolute Gasteiger partial charge is 0.251 e. The van der Waals surface area contributed by atoms with Crippen LogP contribution in [0.5, 0.6) is 0 Å². The fraction of sp³-hybridized carbons (Fsp3) is 0.462. The van der Waals surface area contributed by atoms with Gasteiger partial charge in [0, 0.05) is 16.9 Å². The molecule has 0 aliphatic heterocycles. The van der Waals surface area contributed by atoms with E-state index in [9.17, 15) is 9.18 Å². The number of hydrogen-bond donors (Lipinski definition) is 1. The standard InChI is InChI=1S/C13H17BrFNO/c1-9(2)12(7-8-14)16-13(17)10-3-5-11(15)6-4-10/h3-6,9,12H,7-8H2,1-2H3,(H,16,17). The summed E-state index contributed by atoms with van der Waals surface area (Å²) in [4.78, 5) is 11.9. The van der Waals surface area contributed by atoms with Crippen LogP contribution in [0.25, 0.3) is 0 Å². The first-order valence-electron chi connectivity index (χ1n) is 5.67. The van der Waals surface area contributed by atoms with Crippen molar-refractivity contribution in [2.45, 2.75) is 26.3 Å². The van der Waals surface area contributed by atoms with Crippen molar-refractivity contribution in [2.24, 2.45) is 5.92 Å². The minimum Gasteiger partial charge on any atom is -0.349 e. The predicted octanol–water partition coefficient (Wildman–Crippen LogP) is 3.37. The van der Waals surface area contributed by atoms with E-state index in [2.05, 4.69) is 35.1 Å². The Bertz CT molecular complexity index is 364. The summed E-state index contributed by atoms with van der Waals surface area (Å²) in [6, 6.07) is 5.71. The van der Waals surface area contributed by atoms with Gasteiger partial charge in [0.15, 0.2) is 0 Å². The molecule has 0 saturated heterocycles. The Hall–Kier alpha value is -0.900. The van der Waals surface area contributed by atoms with Crippen LogP contribution in [-0.2, 0) is 0 Å². The van der Waals surface area contributed by atoms with Crippen LogP contribution in [0.1, 0.15) is 30.6 Å². The first-order valence-corrected chi connectivity index (χ1v) is 6.79. The summed E-state index contributed by atoms with van der Waals surface area (Å²) in [6.07, 6.45) is 0.880. The van der Waals surface area contributed by atoms with E-state index in [4.69, 9.17) is 0 Å². The molecule has 0 fully saturated rings. The van der Waals surface area contributed by atoms with Crippen LogP contribution in [-0.4, -0.2) is 17.3 Å². The number of nitrogens with one attached hydrogen (secondary N) is 1. The fourth-order valence-corrected chi connectivity index (χ4v) is 2.04. The third kappa shape index (κ3) is 4.46. The number of rotatable bonds is 5. The maximum absolute atomic E-state index is 12.7. The van der Waals surface area contributed by atoms with Gasteiger partial charge in [-0.25, -0.2) is 4.39 Å². The quantitative estimate of drug-likeness (QED) is 0.830. The molecule has 1 amide bonds. The Morgan fingerprint density at radius 1 is 1.35 bits per heavy atom. The highest BCUT2D eigenvalue weighted by atomic mass is 79.9. The molecule has 0 radical (unpaired) electrons. The molecule has 17 heavy (non-hydrogen) atoms. The number of carbonyl (C=O) groups is 1. The highest BCUT2D eigenvalue weighted by molar-refractivity contribution is 9.09. The van der Waals surface area contributed by atoms with Crippen molar-refractivity contribution in [3.8, 4) is 0 Å². The van der Waals surface area contributed by atoms with Crippen LogP contribution in [0.15, 0.2) is 24.3 Å². The van der Waals surface area contributed by atoms with E-state index in [0.717, 1.165) is 11.8 Å². The van der Waals surface area contributed by atoms with Gasteiger partial charge in [0.25, 0.3) is 5.91 Å². The summed E-state index contributed by atoms with van der Waals surface area (Å²) in [5.41, 5.74) is 0.492. The molecule has 1 atom stereocenters. The second kappa shape index (κ2) is 6.74. The number of halogens is 2. The molecule has 1 N–H and O–H groups in total. The van der Waals surface area contributed by atoms with Gasteiger partial charge in [-0.15, -0.1) is 0 Å². The van der Waals surface area contributed by atoms with E-state index >= 15 is 0 Å². The molecule has 0 spiro atoms. The summed E-state index contributed by atoms with van der Waals surface area (Å²) in [6.45, 7) is 4.14. The minimum atomic E-state index is -0.331. The van der Waals surface area contributed by atoms with Crippen molar-refractivity contribution in [3.05, 3.63) is 35.6 Å². The lowest BCUT2D eigenvalue weighted by molar-refractivity contribution is 0.0925. The van der Waals surface area contributed by atoms with E-state index in [-0.39, 0.29) is 17.8 Å². The van der Waals surface area contributed by atoms with Crippen LogP contribution < -0.4 is 5.32 Å². The van der Waals surface area contributed by atoms with E-state index in [1.807, 2.05) is 0 Å². The SMILES string of the molecule is CC(C)C(CCBr)NC(=O)c1ccc(F)cc1. The van der Waals surface area contributed by atoms with Gasteiger partial charge in [0.1, 0.15) is 5.82 Å². The normalized spacial score (nSPS) is 12.5. The highest BCUT2D eigenvalue weighted by Crippen LogP contribution is 2.10. The molecule has 94 valence electrons. The first kappa shape index (κ1) is 14.2. The maximum atomic E-state index is 12.7. The Morgan fingerprint density at radius 3 is 2.41 bits per heavy atom. The van der Waals surface area contributed by atoms with Crippen LogP contribution >= 0.6 is 15.9 Å². The number of carbonyl (C=O) groups excluding carboxylic acids is 1. The second-order valence-corrected chi connectivity index (χ2v) is 5.10. The number of alkyl halides is 1. The van der Waals surface area contributed by atoms with Gasteiger partial charge < -0.3 is 5.32 Å². The molecule has 2 nitrogen and oxygen atoms in total. The van der Waals surface area contributed by atoms with Crippen molar-refractivity contribution in [1.82, 2.24) is 5.32 Å². The molecular weight excluding hydrogens is 285 g/mol. The van der Waals surface area contributed by atoms with Gasteiger partial charge in [-0.2, -0.15) is 0 Å². The summed E-state index contributed by atoms with van der Waals surface area (Å²) in [5, 5.41) is 3.81. The van der Waals surface area contributed by atoms with Gasteiger partial charge in [-0.3, -0.25) is 4.79 Å². The monoisotopic (exact) mass is 301 g/mol. The van der Waals surface area contributed by atoms with E-state index in [1.165, 1.54) is 24.3 Å². The van der Waals surface area contributed by atoms with Crippen molar-refractivity contribution in [2.75, 3.05) is 5.33 Å².